The molecular formula is C17H28N2O4. The number of aromatic nitrogens is 2. The molecule has 1 heterocycles. The molecule has 0 radical (unpaired) electrons. The molecule has 0 bridgehead atoms. The summed E-state index contributed by atoms with van der Waals surface area (Å²) in [6.07, 6.45) is 5.56. The summed E-state index contributed by atoms with van der Waals surface area (Å²) < 4.78 is 7.23. The summed E-state index contributed by atoms with van der Waals surface area (Å²) in [4.78, 5) is 36.7. The molecule has 0 aliphatic carbocycles. The highest BCUT2D eigenvalue weighted by atomic mass is 16.6. The van der Waals surface area contributed by atoms with Gasteiger partial charge < -0.3 is 4.74 Å². The van der Waals surface area contributed by atoms with Crippen LogP contribution in [0.3, 0.4) is 0 Å². The zero-order valence-corrected chi connectivity index (χ0v) is 14.8. The van der Waals surface area contributed by atoms with Gasteiger partial charge in [0.15, 0.2) is 0 Å². The quantitative estimate of drug-likeness (QED) is 0.754. The number of unbranched alkanes of at least 4 members (excludes halogenated alkanes) is 4. The first kappa shape index (κ1) is 19.2. The number of carbonyl (C=O) groups excluding carboxylic acids is 1. The fourth-order valence-electron chi connectivity index (χ4n) is 2.25. The van der Waals surface area contributed by atoms with E-state index in [1.165, 1.54) is 6.20 Å². The van der Waals surface area contributed by atoms with Gasteiger partial charge in [0.05, 0.1) is 0 Å². The van der Waals surface area contributed by atoms with Crippen LogP contribution in [0.25, 0.3) is 0 Å². The Hall–Kier alpha value is -1.85. The Bertz CT molecular complexity index is 650. The van der Waals surface area contributed by atoms with E-state index in [9.17, 15) is 14.4 Å². The molecule has 0 spiro atoms. The van der Waals surface area contributed by atoms with Crippen LogP contribution in [-0.4, -0.2) is 20.8 Å². The lowest BCUT2D eigenvalue weighted by molar-refractivity contribution is 0.0524. The number of hydrogen-bond acceptors (Lipinski definition) is 4. The van der Waals surface area contributed by atoms with Crippen LogP contribution >= 0.6 is 0 Å². The van der Waals surface area contributed by atoms with Crippen molar-refractivity contribution in [3.63, 3.8) is 0 Å². The molecule has 6 nitrogen and oxygen atoms in total. The molecule has 0 atom stereocenters. The zero-order valence-electron chi connectivity index (χ0n) is 14.8. The van der Waals surface area contributed by atoms with E-state index < -0.39 is 17.4 Å². The summed E-state index contributed by atoms with van der Waals surface area (Å²) >= 11 is 0. The SMILES string of the molecule is CCCCCCCn1c(=O)c(C)cn(C(=O)OC(C)(C)C)c1=O. The highest BCUT2D eigenvalue weighted by Gasteiger charge is 2.21. The van der Waals surface area contributed by atoms with Crippen molar-refractivity contribution in [2.45, 2.75) is 78.9 Å². The molecule has 23 heavy (non-hydrogen) atoms. The Morgan fingerprint density at radius 1 is 1.13 bits per heavy atom. The summed E-state index contributed by atoms with van der Waals surface area (Å²) in [6.45, 7) is 9.23. The van der Waals surface area contributed by atoms with Crippen LogP contribution in [0.1, 0.15) is 65.4 Å². The van der Waals surface area contributed by atoms with Crippen molar-refractivity contribution in [3.05, 3.63) is 32.6 Å². The summed E-state index contributed by atoms with van der Waals surface area (Å²) in [5, 5.41) is 0. The van der Waals surface area contributed by atoms with Crippen molar-refractivity contribution in [2.75, 3.05) is 0 Å². The molecule has 0 aromatic carbocycles. The predicted molar refractivity (Wildman–Crippen MR) is 90.1 cm³/mol. The van der Waals surface area contributed by atoms with Gasteiger partial charge in [-0.05, 0) is 34.1 Å². The summed E-state index contributed by atoms with van der Waals surface area (Å²) in [7, 11) is 0. The van der Waals surface area contributed by atoms with Gasteiger partial charge in [0.1, 0.15) is 5.60 Å². The molecule has 0 saturated heterocycles. The number of aryl methyl sites for hydroxylation is 1. The lowest BCUT2D eigenvalue weighted by atomic mass is 10.1. The maximum atomic E-state index is 12.4. The van der Waals surface area contributed by atoms with Gasteiger partial charge in [0.2, 0.25) is 0 Å². The van der Waals surface area contributed by atoms with Crippen molar-refractivity contribution >= 4 is 6.09 Å². The number of ether oxygens (including phenoxy) is 1. The third-order valence-corrected chi connectivity index (χ3v) is 3.42. The summed E-state index contributed by atoms with van der Waals surface area (Å²) in [5.41, 5.74) is -1.33. The van der Waals surface area contributed by atoms with Crippen molar-refractivity contribution in [2.24, 2.45) is 0 Å². The minimum absolute atomic E-state index is 0.325. The van der Waals surface area contributed by atoms with Gasteiger partial charge in [-0.25, -0.2) is 14.2 Å². The first-order chi connectivity index (χ1) is 10.7. The maximum absolute atomic E-state index is 12.4. The minimum Gasteiger partial charge on any atom is -0.443 e. The van der Waals surface area contributed by atoms with E-state index in [1.807, 2.05) is 0 Å². The molecule has 0 amide bonds. The number of nitrogens with zero attached hydrogens (tertiary/aromatic N) is 2. The third-order valence-electron chi connectivity index (χ3n) is 3.42. The molecule has 130 valence electrons. The van der Waals surface area contributed by atoms with Crippen LogP contribution in [-0.2, 0) is 11.3 Å². The Morgan fingerprint density at radius 3 is 2.30 bits per heavy atom. The molecule has 0 unspecified atom stereocenters. The van der Waals surface area contributed by atoms with E-state index in [-0.39, 0.29) is 5.56 Å². The van der Waals surface area contributed by atoms with Gasteiger partial charge in [0.25, 0.3) is 5.56 Å². The largest absolute Gasteiger partial charge is 0.443 e. The molecule has 0 fully saturated rings. The highest BCUT2D eigenvalue weighted by Crippen LogP contribution is 2.08. The van der Waals surface area contributed by atoms with Gasteiger partial charge in [-0.2, -0.15) is 0 Å². The van der Waals surface area contributed by atoms with Crippen molar-refractivity contribution < 1.29 is 9.53 Å². The van der Waals surface area contributed by atoms with Gasteiger partial charge in [-0.1, -0.05) is 32.6 Å². The van der Waals surface area contributed by atoms with Gasteiger partial charge in [-0.3, -0.25) is 9.36 Å². The summed E-state index contributed by atoms with van der Waals surface area (Å²) in [5.74, 6) is 0. The number of rotatable bonds is 6. The molecule has 0 aliphatic rings. The fraction of sp³-hybridized carbons (Fsp3) is 0.706. The van der Waals surface area contributed by atoms with Crippen LogP contribution in [0.5, 0.6) is 0 Å². The molecule has 0 N–H and O–H groups in total. The molecule has 0 aliphatic heterocycles. The van der Waals surface area contributed by atoms with E-state index in [2.05, 4.69) is 6.92 Å². The second kappa shape index (κ2) is 8.13. The van der Waals surface area contributed by atoms with Crippen LogP contribution in [0, 0.1) is 6.92 Å². The Labute approximate surface area is 137 Å². The van der Waals surface area contributed by atoms with E-state index in [0.717, 1.165) is 41.2 Å². The Balaban J connectivity index is 3.01. The van der Waals surface area contributed by atoms with Crippen LogP contribution in [0.15, 0.2) is 15.8 Å². The smallest absolute Gasteiger partial charge is 0.422 e. The van der Waals surface area contributed by atoms with E-state index in [0.29, 0.717) is 12.1 Å². The lowest BCUT2D eigenvalue weighted by Gasteiger charge is -2.20. The first-order valence-electron chi connectivity index (χ1n) is 8.24. The number of carbonyl (C=O) groups is 1. The monoisotopic (exact) mass is 324 g/mol. The topological polar surface area (TPSA) is 70.3 Å². The molecule has 0 saturated carbocycles. The van der Waals surface area contributed by atoms with Crippen LogP contribution in [0.4, 0.5) is 4.79 Å². The molecule has 1 rings (SSSR count). The second-order valence-electron chi connectivity index (χ2n) is 6.82. The minimum atomic E-state index is -0.759. The summed E-state index contributed by atoms with van der Waals surface area (Å²) in [6, 6.07) is 0. The van der Waals surface area contributed by atoms with E-state index in [4.69, 9.17) is 4.74 Å². The van der Waals surface area contributed by atoms with Gasteiger partial charge in [-0.15, -0.1) is 0 Å². The fourth-order valence-corrected chi connectivity index (χ4v) is 2.25. The standard InChI is InChI=1S/C17H28N2O4/c1-6-7-8-9-10-11-18-14(20)13(2)12-19(15(18)21)16(22)23-17(3,4)5/h12H,6-11H2,1-5H3. The molecule has 1 aromatic rings. The van der Waals surface area contributed by atoms with Gasteiger partial charge in [0, 0.05) is 18.3 Å². The average molecular weight is 324 g/mol. The third kappa shape index (κ3) is 5.69. The predicted octanol–water partition coefficient (Wildman–Crippen LogP) is 3.07. The second-order valence-corrected chi connectivity index (χ2v) is 6.82. The van der Waals surface area contributed by atoms with E-state index in [1.54, 1.807) is 27.7 Å². The normalized spacial score (nSPS) is 11.5. The Morgan fingerprint density at radius 2 is 1.74 bits per heavy atom. The van der Waals surface area contributed by atoms with Crippen LogP contribution in [0.2, 0.25) is 0 Å². The van der Waals surface area contributed by atoms with Gasteiger partial charge >= 0.3 is 11.8 Å². The average Bonchev–Trinajstić information content (AvgIpc) is 2.44. The molecular weight excluding hydrogens is 296 g/mol. The maximum Gasteiger partial charge on any atom is 0.422 e. The number of hydrogen-bond donors (Lipinski definition) is 0. The van der Waals surface area contributed by atoms with Crippen molar-refractivity contribution in [1.29, 1.82) is 0 Å². The highest BCUT2D eigenvalue weighted by molar-refractivity contribution is 5.70. The molecule has 1 aromatic heterocycles. The molecule has 6 heteroatoms. The van der Waals surface area contributed by atoms with Crippen LogP contribution < -0.4 is 11.2 Å². The van der Waals surface area contributed by atoms with Crippen molar-refractivity contribution in [3.8, 4) is 0 Å². The lowest BCUT2D eigenvalue weighted by Crippen LogP contribution is -2.44. The Kier molecular flexibility index (Phi) is 6.79. The first-order valence-corrected chi connectivity index (χ1v) is 8.24. The van der Waals surface area contributed by atoms with Crippen molar-refractivity contribution in [1.82, 2.24) is 9.13 Å². The zero-order chi connectivity index (χ0) is 17.6. The van der Waals surface area contributed by atoms with E-state index >= 15 is 0 Å².